The normalized spacial score (nSPS) is 11.3. The second-order valence-corrected chi connectivity index (χ2v) is 10.1. The van der Waals surface area contributed by atoms with E-state index in [0.29, 0.717) is 5.92 Å². The summed E-state index contributed by atoms with van der Waals surface area (Å²) in [6, 6.07) is 17.8. The van der Waals surface area contributed by atoms with Gasteiger partial charge in [0.1, 0.15) is 0 Å². The zero-order chi connectivity index (χ0) is 22.2. The van der Waals surface area contributed by atoms with Crippen molar-refractivity contribution in [3.8, 4) is 22.5 Å². The minimum Gasteiger partial charge on any atom is -0.165 e. The second-order valence-electron chi connectivity index (χ2n) is 9.01. The smallest absolute Gasteiger partial charge is 0.165 e. The van der Waals surface area contributed by atoms with Crippen molar-refractivity contribution in [1.29, 1.82) is 0 Å². The van der Waals surface area contributed by atoms with Gasteiger partial charge in [-0.3, -0.25) is 0 Å². The highest BCUT2D eigenvalue weighted by atomic mass is 32.2. The number of unbranched alkanes of at least 4 members (excludes halogenated alkanes) is 3. The largest absolute Gasteiger partial charge is 0.298 e. The molecule has 0 atom stereocenters. The third kappa shape index (κ3) is 6.67. The molecular weight excluding hydrogens is 396 g/mol. The minimum atomic E-state index is 0.620. The highest BCUT2D eigenvalue weighted by molar-refractivity contribution is 7.92. The molecule has 0 amide bonds. The van der Waals surface area contributed by atoms with E-state index in [-0.39, 0.29) is 0 Å². The molecule has 0 aliphatic rings. The molecule has 0 N–H and O–H groups in total. The molecule has 0 spiro atoms. The maximum Gasteiger partial charge on any atom is 0.298 e. The van der Waals surface area contributed by atoms with Gasteiger partial charge >= 0.3 is 0 Å². The van der Waals surface area contributed by atoms with Crippen molar-refractivity contribution in [1.82, 2.24) is 4.98 Å². The van der Waals surface area contributed by atoms with Crippen LogP contribution in [0.5, 0.6) is 0 Å². The summed E-state index contributed by atoms with van der Waals surface area (Å²) in [5.74, 6) is 1.74. The van der Waals surface area contributed by atoms with Gasteiger partial charge in [-0.25, -0.2) is 0 Å². The molecule has 2 nitrogen and oxygen atoms in total. The minimum absolute atomic E-state index is 0.620. The Kier molecular flexibility index (Phi) is 8.71. The van der Waals surface area contributed by atoms with Crippen molar-refractivity contribution in [2.24, 2.45) is 5.92 Å². The first-order chi connectivity index (χ1) is 15.0. The molecule has 3 heteroatoms. The third-order valence-corrected chi connectivity index (χ3v) is 6.56. The number of nitrogens with zero attached hydrogens (tertiary/aromatic N) is 2. The van der Waals surface area contributed by atoms with Gasteiger partial charge in [0.05, 0.1) is 11.9 Å². The molecule has 0 aliphatic heterocycles. The fourth-order valence-corrected chi connectivity index (χ4v) is 4.84. The zero-order valence-corrected chi connectivity index (χ0v) is 20.6. The Labute approximate surface area is 193 Å². The predicted molar refractivity (Wildman–Crippen MR) is 135 cm³/mol. The summed E-state index contributed by atoms with van der Waals surface area (Å²) >= 11 is 1.89. The van der Waals surface area contributed by atoms with Gasteiger partial charge in [0.15, 0.2) is 11.4 Å². The van der Waals surface area contributed by atoms with Crippen LogP contribution in [0.4, 0.5) is 0 Å². The summed E-state index contributed by atoms with van der Waals surface area (Å²) in [4.78, 5) is 4.85. The van der Waals surface area contributed by atoms with Gasteiger partial charge in [-0.05, 0) is 55.3 Å². The van der Waals surface area contributed by atoms with E-state index in [1.54, 1.807) is 0 Å². The Bertz CT molecular complexity index is 994. The zero-order valence-electron chi connectivity index (χ0n) is 19.8. The summed E-state index contributed by atoms with van der Waals surface area (Å²) in [5, 5.41) is 0. The topological polar surface area (TPSA) is 16.8 Å². The molecule has 31 heavy (non-hydrogen) atoms. The van der Waals surface area contributed by atoms with Gasteiger partial charge < -0.3 is 0 Å². The van der Waals surface area contributed by atoms with Crippen LogP contribution in [0.1, 0.15) is 63.1 Å². The average Bonchev–Trinajstić information content (AvgIpc) is 2.74. The van der Waals surface area contributed by atoms with E-state index in [1.165, 1.54) is 59.2 Å². The first kappa shape index (κ1) is 23.5. The second kappa shape index (κ2) is 11.5. The highest BCUT2D eigenvalue weighted by Crippen LogP contribution is 2.29. The Balaban J connectivity index is 2.04. The molecule has 3 aromatic rings. The lowest BCUT2D eigenvalue weighted by atomic mass is 9.94. The number of aromatic nitrogens is 2. The molecule has 3 rings (SSSR count). The molecule has 2 aromatic carbocycles. The molecule has 0 aliphatic carbocycles. The fraction of sp³-hybridized carbons (Fsp3) is 0.429. The maximum absolute atomic E-state index is 4.85. The van der Waals surface area contributed by atoms with E-state index in [1.807, 2.05) is 18.3 Å². The molecule has 1 aromatic heterocycles. The van der Waals surface area contributed by atoms with Crippen LogP contribution in [0, 0.1) is 19.8 Å². The molecule has 0 bridgehead atoms. The Morgan fingerprint density at radius 3 is 2.48 bits per heavy atom. The first-order valence-corrected chi connectivity index (χ1v) is 12.6. The Morgan fingerprint density at radius 1 is 0.935 bits per heavy atom. The molecule has 0 unspecified atom stereocenters. The number of hydrogen-bond acceptors (Lipinski definition) is 2. The lowest BCUT2D eigenvalue weighted by Crippen LogP contribution is -2.30. The SMILES string of the molecule is CCCCCCS[n+]1cnc(-c2cccc(C)c2)cc1-c1cc(C)ccc1CC(C)C. The standard InChI is InChI=1S/C28H37N2S/c1-6-7-8-9-15-31-30-20-29-27(25-12-10-11-22(4)17-25)19-28(30)26-18-23(5)13-14-24(26)16-21(2)3/h10-14,17-21H,6-9,15-16H2,1-5H3/q+1. The molecule has 1 heterocycles. The van der Waals surface area contributed by atoms with Crippen LogP contribution in [0.3, 0.4) is 0 Å². The molecule has 164 valence electrons. The molecule has 0 fully saturated rings. The van der Waals surface area contributed by atoms with Crippen molar-refractivity contribution >= 4 is 11.9 Å². The molecular formula is C28H37N2S+. The number of aryl methyl sites for hydroxylation is 2. The van der Waals surface area contributed by atoms with Crippen molar-refractivity contribution in [2.75, 3.05) is 5.75 Å². The van der Waals surface area contributed by atoms with Crippen molar-refractivity contribution in [3.63, 3.8) is 0 Å². The van der Waals surface area contributed by atoms with Gasteiger partial charge in [-0.15, -0.1) is 0 Å². The Morgan fingerprint density at radius 2 is 1.74 bits per heavy atom. The van der Waals surface area contributed by atoms with Crippen molar-refractivity contribution in [2.45, 2.75) is 66.7 Å². The van der Waals surface area contributed by atoms with Crippen LogP contribution in [0.25, 0.3) is 22.5 Å². The molecule has 0 radical (unpaired) electrons. The van der Waals surface area contributed by atoms with Crippen molar-refractivity contribution in [3.05, 3.63) is 71.5 Å². The van der Waals surface area contributed by atoms with E-state index >= 15 is 0 Å². The number of rotatable bonds is 10. The predicted octanol–water partition coefficient (Wildman–Crippen LogP) is 7.60. The highest BCUT2D eigenvalue weighted by Gasteiger charge is 2.19. The summed E-state index contributed by atoms with van der Waals surface area (Å²) in [5.41, 5.74) is 8.80. The van der Waals surface area contributed by atoms with E-state index in [9.17, 15) is 0 Å². The quantitative estimate of drug-likeness (QED) is 0.242. The maximum atomic E-state index is 4.85. The van der Waals surface area contributed by atoms with Gasteiger partial charge in [0, 0.05) is 22.9 Å². The summed E-state index contributed by atoms with van der Waals surface area (Å²) in [7, 11) is 0. The monoisotopic (exact) mass is 433 g/mol. The fourth-order valence-electron chi connectivity index (χ4n) is 3.91. The number of benzene rings is 2. The van der Waals surface area contributed by atoms with Gasteiger partial charge in [-0.2, -0.15) is 3.97 Å². The number of hydrogen-bond donors (Lipinski definition) is 0. The van der Waals surface area contributed by atoms with Crippen LogP contribution in [0.2, 0.25) is 0 Å². The molecule has 0 saturated heterocycles. The van der Waals surface area contributed by atoms with Gasteiger partial charge in [0.2, 0.25) is 0 Å². The van der Waals surface area contributed by atoms with Crippen LogP contribution in [0.15, 0.2) is 54.9 Å². The van der Waals surface area contributed by atoms with E-state index in [4.69, 9.17) is 4.98 Å². The van der Waals surface area contributed by atoms with Gasteiger partial charge in [-0.1, -0.05) is 81.5 Å². The summed E-state index contributed by atoms with van der Waals surface area (Å²) < 4.78 is 2.30. The third-order valence-electron chi connectivity index (χ3n) is 5.52. The summed E-state index contributed by atoms with van der Waals surface area (Å²) in [6.07, 6.45) is 8.25. The lowest BCUT2D eigenvalue weighted by Gasteiger charge is -2.14. The summed E-state index contributed by atoms with van der Waals surface area (Å²) in [6.45, 7) is 11.2. The first-order valence-electron chi connectivity index (χ1n) is 11.7. The van der Waals surface area contributed by atoms with E-state index in [2.05, 4.69) is 87.1 Å². The van der Waals surface area contributed by atoms with E-state index < -0.39 is 0 Å². The van der Waals surface area contributed by atoms with Crippen molar-refractivity contribution < 1.29 is 3.97 Å². The van der Waals surface area contributed by atoms with E-state index in [0.717, 1.165) is 17.9 Å². The molecule has 0 saturated carbocycles. The average molecular weight is 434 g/mol. The lowest BCUT2D eigenvalue weighted by molar-refractivity contribution is -0.485. The Hall–Kier alpha value is -2.13. The van der Waals surface area contributed by atoms with Crippen LogP contribution < -0.4 is 3.97 Å². The van der Waals surface area contributed by atoms with Gasteiger partial charge in [0.25, 0.3) is 6.33 Å². The van der Waals surface area contributed by atoms with Crippen LogP contribution in [-0.2, 0) is 6.42 Å². The van der Waals surface area contributed by atoms with Crippen LogP contribution >= 0.6 is 11.9 Å². The van der Waals surface area contributed by atoms with Crippen LogP contribution in [-0.4, -0.2) is 10.7 Å².